The number of methoxy groups -OCH3 is 1. The van der Waals surface area contributed by atoms with E-state index in [0.29, 0.717) is 45.1 Å². The first-order valence-electron chi connectivity index (χ1n) is 10.9. The quantitative estimate of drug-likeness (QED) is 0.450. The standard InChI is InChI=1S/C26H24ClN3O5/c1-4-22(25(32)29-19-10-7-16(8-11-19)26(33)35-5-2)30-15-23(34-3)21(13-24(30)31)20-12-18(27)9-6-17(20)14-28/h6-13,15,22H,4-5H2,1-3H3,(H,29,32). The molecule has 9 heteroatoms. The number of hydrogen-bond acceptors (Lipinski definition) is 6. The summed E-state index contributed by atoms with van der Waals surface area (Å²) < 4.78 is 11.7. The van der Waals surface area contributed by atoms with E-state index in [0.717, 1.165) is 0 Å². The van der Waals surface area contributed by atoms with Crippen molar-refractivity contribution in [3.63, 3.8) is 0 Å². The second-order valence-corrected chi connectivity index (χ2v) is 7.95. The highest BCUT2D eigenvalue weighted by molar-refractivity contribution is 6.31. The van der Waals surface area contributed by atoms with Crippen LogP contribution in [0, 0.1) is 11.3 Å². The molecule has 1 unspecified atom stereocenters. The summed E-state index contributed by atoms with van der Waals surface area (Å²) in [5.74, 6) is -0.544. The molecule has 2 aromatic carbocycles. The molecular formula is C26H24ClN3O5. The van der Waals surface area contributed by atoms with E-state index in [4.69, 9.17) is 21.1 Å². The maximum atomic E-state index is 13.1. The second-order valence-electron chi connectivity index (χ2n) is 7.51. The Hall–Kier alpha value is -4.09. The first-order valence-corrected chi connectivity index (χ1v) is 11.3. The lowest BCUT2D eigenvalue weighted by Gasteiger charge is -2.20. The van der Waals surface area contributed by atoms with Crippen LogP contribution in [0.15, 0.2) is 59.5 Å². The van der Waals surface area contributed by atoms with Crippen molar-refractivity contribution in [1.82, 2.24) is 4.57 Å². The maximum absolute atomic E-state index is 13.1. The largest absolute Gasteiger partial charge is 0.495 e. The van der Waals surface area contributed by atoms with Gasteiger partial charge in [0.25, 0.3) is 5.56 Å². The number of carbonyl (C=O) groups is 2. The summed E-state index contributed by atoms with van der Waals surface area (Å²) in [6.07, 6.45) is 1.78. The van der Waals surface area contributed by atoms with Crippen molar-refractivity contribution in [2.75, 3.05) is 19.0 Å². The molecule has 1 N–H and O–H groups in total. The van der Waals surface area contributed by atoms with Gasteiger partial charge in [-0.2, -0.15) is 5.26 Å². The highest BCUT2D eigenvalue weighted by atomic mass is 35.5. The maximum Gasteiger partial charge on any atom is 0.338 e. The molecule has 0 bridgehead atoms. The number of pyridine rings is 1. The Morgan fingerprint density at radius 3 is 2.43 bits per heavy atom. The molecule has 35 heavy (non-hydrogen) atoms. The van der Waals surface area contributed by atoms with E-state index in [2.05, 4.69) is 11.4 Å². The van der Waals surface area contributed by atoms with Crippen molar-refractivity contribution in [2.45, 2.75) is 26.3 Å². The molecule has 1 heterocycles. The second kappa shape index (κ2) is 11.4. The number of aromatic nitrogens is 1. The van der Waals surface area contributed by atoms with E-state index in [1.165, 1.54) is 23.9 Å². The summed E-state index contributed by atoms with van der Waals surface area (Å²) in [6, 6.07) is 13.6. The number of hydrogen-bond donors (Lipinski definition) is 1. The molecule has 0 aliphatic carbocycles. The summed E-state index contributed by atoms with van der Waals surface area (Å²) in [5, 5.41) is 12.7. The van der Waals surface area contributed by atoms with Gasteiger partial charge >= 0.3 is 5.97 Å². The van der Waals surface area contributed by atoms with Crippen molar-refractivity contribution >= 4 is 29.2 Å². The molecule has 0 radical (unpaired) electrons. The number of ether oxygens (including phenoxy) is 2. The number of amides is 1. The summed E-state index contributed by atoms with van der Waals surface area (Å²) in [6.45, 7) is 3.77. The van der Waals surface area contributed by atoms with Crippen LogP contribution in [0.4, 0.5) is 5.69 Å². The number of nitriles is 1. The van der Waals surface area contributed by atoms with Crippen molar-refractivity contribution in [3.8, 4) is 22.9 Å². The number of halogens is 1. The summed E-state index contributed by atoms with van der Waals surface area (Å²) >= 11 is 6.11. The Bertz CT molecular complexity index is 1340. The van der Waals surface area contributed by atoms with Crippen LogP contribution in [0.1, 0.15) is 42.2 Å². The number of carbonyl (C=O) groups excluding carboxylic acids is 2. The Labute approximate surface area is 207 Å². The van der Waals surface area contributed by atoms with Gasteiger partial charge in [-0.3, -0.25) is 14.2 Å². The molecule has 0 aliphatic rings. The lowest BCUT2D eigenvalue weighted by molar-refractivity contribution is -0.119. The van der Waals surface area contributed by atoms with Gasteiger partial charge in [0, 0.05) is 27.9 Å². The number of esters is 1. The van der Waals surface area contributed by atoms with E-state index < -0.39 is 23.5 Å². The minimum absolute atomic E-state index is 0.266. The van der Waals surface area contributed by atoms with E-state index >= 15 is 0 Å². The minimum Gasteiger partial charge on any atom is -0.495 e. The van der Waals surface area contributed by atoms with Crippen LogP contribution in [-0.4, -0.2) is 30.2 Å². The molecule has 1 amide bonds. The Morgan fingerprint density at radius 1 is 1.11 bits per heavy atom. The normalized spacial score (nSPS) is 11.3. The minimum atomic E-state index is -0.829. The third-order valence-electron chi connectivity index (χ3n) is 5.34. The van der Waals surface area contributed by atoms with E-state index in [-0.39, 0.29) is 6.61 Å². The third-order valence-corrected chi connectivity index (χ3v) is 5.58. The van der Waals surface area contributed by atoms with Gasteiger partial charge in [0.05, 0.1) is 37.1 Å². The van der Waals surface area contributed by atoms with Crippen LogP contribution < -0.4 is 15.6 Å². The molecule has 0 spiro atoms. The molecule has 0 saturated carbocycles. The van der Waals surface area contributed by atoms with Crippen LogP contribution in [-0.2, 0) is 9.53 Å². The molecule has 0 fully saturated rings. The van der Waals surface area contributed by atoms with Gasteiger partial charge in [0.1, 0.15) is 11.8 Å². The lowest BCUT2D eigenvalue weighted by atomic mass is 10.00. The zero-order valence-corrected chi connectivity index (χ0v) is 20.3. The van der Waals surface area contributed by atoms with Gasteiger partial charge < -0.3 is 14.8 Å². The molecule has 3 aromatic rings. The molecular weight excluding hydrogens is 470 g/mol. The number of nitrogens with zero attached hydrogens (tertiary/aromatic N) is 2. The van der Waals surface area contributed by atoms with E-state index in [1.807, 2.05) is 0 Å². The van der Waals surface area contributed by atoms with Gasteiger partial charge in [-0.1, -0.05) is 18.5 Å². The third kappa shape index (κ3) is 5.70. The van der Waals surface area contributed by atoms with Crippen LogP contribution >= 0.6 is 11.6 Å². The average Bonchev–Trinajstić information content (AvgIpc) is 2.85. The molecule has 1 atom stereocenters. The van der Waals surface area contributed by atoms with Crippen LogP contribution in [0.3, 0.4) is 0 Å². The van der Waals surface area contributed by atoms with Gasteiger partial charge in [0.2, 0.25) is 5.91 Å². The summed E-state index contributed by atoms with van der Waals surface area (Å²) in [7, 11) is 1.44. The highest BCUT2D eigenvalue weighted by Gasteiger charge is 2.23. The Balaban J connectivity index is 1.93. The Morgan fingerprint density at radius 2 is 1.83 bits per heavy atom. The van der Waals surface area contributed by atoms with E-state index in [1.54, 1.807) is 56.3 Å². The number of anilines is 1. The molecule has 3 rings (SSSR count). The fourth-order valence-corrected chi connectivity index (χ4v) is 3.79. The molecule has 180 valence electrons. The van der Waals surface area contributed by atoms with Crippen molar-refractivity contribution < 1.29 is 19.1 Å². The number of nitrogens with one attached hydrogen (secondary N) is 1. The predicted octanol–water partition coefficient (Wildman–Crippen LogP) is 4.82. The van der Waals surface area contributed by atoms with Gasteiger partial charge in [-0.25, -0.2) is 4.79 Å². The molecule has 0 aliphatic heterocycles. The van der Waals surface area contributed by atoms with Crippen LogP contribution in [0.5, 0.6) is 5.75 Å². The average molecular weight is 494 g/mol. The fraction of sp³-hybridized carbons (Fsp3) is 0.231. The van der Waals surface area contributed by atoms with Gasteiger partial charge in [-0.15, -0.1) is 0 Å². The van der Waals surface area contributed by atoms with Crippen molar-refractivity contribution in [2.24, 2.45) is 0 Å². The highest BCUT2D eigenvalue weighted by Crippen LogP contribution is 2.33. The summed E-state index contributed by atoms with van der Waals surface area (Å²) in [4.78, 5) is 37.9. The summed E-state index contributed by atoms with van der Waals surface area (Å²) in [5.41, 5.74) is 1.59. The molecule has 8 nitrogen and oxygen atoms in total. The zero-order valence-electron chi connectivity index (χ0n) is 19.5. The zero-order chi connectivity index (χ0) is 25.5. The van der Waals surface area contributed by atoms with Gasteiger partial charge in [0.15, 0.2) is 0 Å². The smallest absolute Gasteiger partial charge is 0.338 e. The number of benzene rings is 2. The van der Waals surface area contributed by atoms with Crippen LogP contribution in [0.2, 0.25) is 5.02 Å². The lowest BCUT2D eigenvalue weighted by Crippen LogP contribution is -2.32. The van der Waals surface area contributed by atoms with Crippen molar-refractivity contribution in [1.29, 1.82) is 5.26 Å². The first-order chi connectivity index (χ1) is 16.8. The monoisotopic (exact) mass is 493 g/mol. The SMILES string of the molecule is CCOC(=O)c1ccc(NC(=O)C(CC)n2cc(OC)c(-c3cc(Cl)ccc3C#N)cc2=O)cc1. The number of rotatable bonds is 8. The van der Waals surface area contributed by atoms with Crippen molar-refractivity contribution in [3.05, 3.63) is 81.2 Å². The topological polar surface area (TPSA) is 110 Å². The first kappa shape index (κ1) is 25.5. The van der Waals surface area contributed by atoms with Gasteiger partial charge in [-0.05, 0) is 55.8 Å². The fourth-order valence-electron chi connectivity index (χ4n) is 3.62. The van der Waals surface area contributed by atoms with E-state index in [9.17, 15) is 19.6 Å². The predicted molar refractivity (Wildman–Crippen MR) is 133 cm³/mol. The molecule has 1 aromatic heterocycles. The molecule has 0 saturated heterocycles. The Kier molecular flexibility index (Phi) is 8.29. The van der Waals surface area contributed by atoms with Crippen LogP contribution in [0.25, 0.3) is 11.1 Å².